The Bertz CT molecular complexity index is 1010. The van der Waals surface area contributed by atoms with Crippen LogP contribution in [0.4, 0.5) is 0 Å². The Labute approximate surface area is 205 Å². The molecule has 1 saturated heterocycles. The molecular formula is C24H31Cl2N5O2. The first kappa shape index (κ1) is 25.6. The minimum absolute atomic E-state index is 0. The van der Waals surface area contributed by atoms with Gasteiger partial charge < -0.3 is 10.6 Å². The third-order valence-electron chi connectivity index (χ3n) is 6.96. The molecule has 0 amide bonds. The summed E-state index contributed by atoms with van der Waals surface area (Å²) in [4.78, 5) is 11.2. The summed E-state index contributed by atoms with van der Waals surface area (Å²) in [5, 5.41) is 18.5. The Kier molecular flexibility index (Phi) is 8.84. The zero-order chi connectivity index (χ0) is 21.2. The largest absolute Gasteiger partial charge is 0.412 e. The monoisotopic (exact) mass is 491 g/mol. The van der Waals surface area contributed by atoms with Crippen molar-refractivity contribution < 1.29 is 10.6 Å². The molecule has 1 saturated carbocycles. The van der Waals surface area contributed by atoms with Crippen LogP contribution < -0.4 is 0 Å². The van der Waals surface area contributed by atoms with Crippen molar-refractivity contribution in [2.24, 2.45) is 0 Å². The SMILES string of the molecule is Cl.O.OC[C@H]1CCCN1C1CCC(c2[nH]nc(-c3ccc(Cl)cc3)c2-c2ccncn2)CC1. The number of nitrogens with zero attached hydrogens (tertiary/aromatic N) is 4. The van der Waals surface area contributed by atoms with Gasteiger partial charge in [0, 0.05) is 46.0 Å². The highest BCUT2D eigenvalue weighted by Crippen LogP contribution is 2.42. The lowest BCUT2D eigenvalue weighted by Crippen LogP contribution is -2.42. The van der Waals surface area contributed by atoms with E-state index in [0.717, 1.165) is 61.2 Å². The van der Waals surface area contributed by atoms with Gasteiger partial charge in [-0.2, -0.15) is 5.10 Å². The minimum atomic E-state index is 0. The van der Waals surface area contributed by atoms with Crippen LogP contribution in [0, 0.1) is 0 Å². The number of likely N-dealkylation sites (tertiary alicyclic amines) is 1. The van der Waals surface area contributed by atoms with Crippen LogP contribution in [-0.4, -0.2) is 60.9 Å². The molecule has 0 unspecified atom stereocenters. The summed E-state index contributed by atoms with van der Waals surface area (Å²) < 4.78 is 0. The summed E-state index contributed by atoms with van der Waals surface area (Å²) in [5.74, 6) is 0.421. The number of aromatic amines is 1. The van der Waals surface area contributed by atoms with Gasteiger partial charge in [-0.25, -0.2) is 9.97 Å². The van der Waals surface area contributed by atoms with E-state index in [-0.39, 0.29) is 24.5 Å². The summed E-state index contributed by atoms with van der Waals surface area (Å²) in [6, 6.07) is 10.7. The predicted octanol–water partition coefficient (Wildman–Crippen LogP) is 4.27. The molecule has 1 aliphatic carbocycles. The van der Waals surface area contributed by atoms with Crippen LogP contribution in [0.15, 0.2) is 42.9 Å². The number of aliphatic hydroxyl groups excluding tert-OH is 1. The van der Waals surface area contributed by atoms with E-state index in [4.69, 9.17) is 16.7 Å². The number of rotatable bonds is 5. The second kappa shape index (κ2) is 11.4. The van der Waals surface area contributed by atoms with E-state index in [1.165, 1.54) is 12.1 Å². The molecule has 178 valence electrons. The molecule has 5 rings (SSSR count). The minimum Gasteiger partial charge on any atom is -0.412 e. The normalized spacial score (nSPS) is 23.0. The van der Waals surface area contributed by atoms with Crippen LogP contribution in [0.3, 0.4) is 0 Å². The molecule has 1 aromatic carbocycles. The highest BCUT2D eigenvalue weighted by atomic mass is 35.5. The third kappa shape index (κ3) is 5.23. The van der Waals surface area contributed by atoms with E-state index < -0.39 is 0 Å². The first-order valence-corrected chi connectivity index (χ1v) is 11.6. The van der Waals surface area contributed by atoms with Crippen molar-refractivity contribution in [3.05, 3.63) is 53.6 Å². The lowest BCUT2D eigenvalue weighted by molar-refractivity contribution is 0.0942. The van der Waals surface area contributed by atoms with Gasteiger partial charge in [0.1, 0.15) is 12.0 Å². The number of aliphatic hydroxyl groups is 1. The summed E-state index contributed by atoms with van der Waals surface area (Å²) in [5.41, 5.74) is 5.07. The number of benzene rings is 1. The van der Waals surface area contributed by atoms with Gasteiger partial charge in [0.2, 0.25) is 0 Å². The molecule has 2 fully saturated rings. The molecule has 0 spiro atoms. The molecule has 2 aromatic heterocycles. The van der Waals surface area contributed by atoms with Gasteiger partial charge >= 0.3 is 0 Å². The second-order valence-corrected chi connectivity index (χ2v) is 9.12. The van der Waals surface area contributed by atoms with Crippen LogP contribution in [0.5, 0.6) is 0 Å². The van der Waals surface area contributed by atoms with Crippen molar-refractivity contribution in [1.82, 2.24) is 25.1 Å². The standard InChI is InChI=1S/C24H28ClN5O.ClH.H2O/c25-18-7-3-16(4-8-18)23-22(21-11-12-26-15-27-21)24(29-28-23)17-5-9-19(10-6-17)30-13-1-2-20(30)14-31;;/h3-4,7-8,11-12,15,17,19-20,31H,1-2,5-6,9-10,13-14H2,(H,28,29);1H;1H2/t17?,19?,20-;;/m1../s1. The maximum Gasteiger partial charge on any atom is 0.116 e. The third-order valence-corrected chi connectivity index (χ3v) is 7.21. The van der Waals surface area contributed by atoms with Crippen molar-refractivity contribution in [2.45, 2.75) is 56.5 Å². The Morgan fingerprint density at radius 2 is 1.82 bits per heavy atom. The number of halogens is 2. The lowest BCUT2D eigenvalue weighted by Gasteiger charge is -2.37. The zero-order valence-corrected chi connectivity index (χ0v) is 20.0. The van der Waals surface area contributed by atoms with Gasteiger partial charge in [-0.1, -0.05) is 23.7 Å². The molecule has 1 atom stereocenters. The highest BCUT2D eigenvalue weighted by molar-refractivity contribution is 6.30. The first-order chi connectivity index (χ1) is 15.2. The molecule has 9 heteroatoms. The zero-order valence-electron chi connectivity index (χ0n) is 18.5. The number of H-pyrrole nitrogens is 1. The molecular weight excluding hydrogens is 461 g/mol. The summed E-state index contributed by atoms with van der Waals surface area (Å²) in [6.07, 6.45) is 10.2. The Balaban J connectivity index is 0.00000153. The molecule has 3 aromatic rings. The van der Waals surface area contributed by atoms with Crippen molar-refractivity contribution >= 4 is 24.0 Å². The number of nitrogens with one attached hydrogen (secondary N) is 1. The van der Waals surface area contributed by atoms with E-state index in [1.807, 2.05) is 30.3 Å². The predicted molar refractivity (Wildman–Crippen MR) is 133 cm³/mol. The maximum atomic E-state index is 9.71. The molecule has 0 radical (unpaired) electrons. The van der Waals surface area contributed by atoms with Crippen molar-refractivity contribution in [3.8, 4) is 22.5 Å². The lowest BCUT2D eigenvalue weighted by atomic mass is 9.81. The van der Waals surface area contributed by atoms with Crippen molar-refractivity contribution in [3.63, 3.8) is 0 Å². The Hall–Kier alpha value is -2.03. The van der Waals surface area contributed by atoms with Gasteiger partial charge in [-0.15, -0.1) is 12.4 Å². The smallest absolute Gasteiger partial charge is 0.116 e. The Morgan fingerprint density at radius 3 is 2.48 bits per heavy atom. The van der Waals surface area contributed by atoms with E-state index >= 15 is 0 Å². The molecule has 1 aliphatic heterocycles. The van der Waals surface area contributed by atoms with Crippen LogP contribution in [0.2, 0.25) is 5.02 Å². The van der Waals surface area contributed by atoms with Gasteiger partial charge in [0.25, 0.3) is 0 Å². The van der Waals surface area contributed by atoms with E-state index in [2.05, 4.69) is 20.0 Å². The van der Waals surface area contributed by atoms with E-state index in [1.54, 1.807) is 12.5 Å². The summed E-state index contributed by atoms with van der Waals surface area (Å²) in [7, 11) is 0. The van der Waals surface area contributed by atoms with E-state index in [0.29, 0.717) is 23.0 Å². The quantitative estimate of drug-likeness (QED) is 0.553. The number of hydrogen-bond donors (Lipinski definition) is 2. The molecule has 33 heavy (non-hydrogen) atoms. The van der Waals surface area contributed by atoms with Crippen LogP contribution >= 0.6 is 24.0 Å². The average Bonchev–Trinajstić information content (AvgIpc) is 3.48. The average molecular weight is 492 g/mol. The molecule has 0 bridgehead atoms. The summed E-state index contributed by atoms with van der Waals surface area (Å²) in [6.45, 7) is 1.40. The number of aromatic nitrogens is 4. The van der Waals surface area contributed by atoms with E-state index in [9.17, 15) is 5.11 Å². The van der Waals surface area contributed by atoms with Gasteiger partial charge in [-0.05, 0) is 63.3 Å². The topological polar surface area (TPSA) is 109 Å². The fourth-order valence-corrected chi connectivity index (χ4v) is 5.52. The van der Waals surface area contributed by atoms with Gasteiger partial charge in [0.15, 0.2) is 0 Å². The molecule has 2 aliphatic rings. The van der Waals surface area contributed by atoms with Gasteiger partial charge in [-0.3, -0.25) is 10.00 Å². The van der Waals surface area contributed by atoms with Crippen molar-refractivity contribution in [2.75, 3.05) is 13.2 Å². The highest BCUT2D eigenvalue weighted by Gasteiger charge is 2.34. The molecule has 4 N–H and O–H groups in total. The first-order valence-electron chi connectivity index (χ1n) is 11.2. The maximum absolute atomic E-state index is 9.71. The van der Waals surface area contributed by atoms with Crippen molar-refractivity contribution in [1.29, 1.82) is 0 Å². The fourth-order valence-electron chi connectivity index (χ4n) is 5.40. The van der Waals surface area contributed by atoms with Crippen LogP contribution in [-0.2, 0) is 0 Å². The number of hydrogen-bond acceptors (Lipinski definition) is 5. The fraction of sp³-hybridized carbons (Fsp3) is 0.458. The van der Waals surface area contributed by atoms with Crippen LogP contribution in [0.25, 0.3) is 22.5 Å². The molecule has 7 nitrogen and oxygen atoms in total. The second-order valence-electron chi connectivity index (χ2n) is 8.68. The Morgan fingerprint density at radius 1 is 1.06 bits per heavy atom. The van der Waals surface area contributed by atoms with Gasteiger partial charge in [0.05, 0.1) is 12.3 Å². The van der Waals surface area contributed by atoms with Crippen LogP contribution in [0.1, 0.15) is 50.1 Å². The molecule has 3 heterocycles. The summed E-state index contributed by atoms with van der Waals surface area (Å²) >= 11 is 6.10.